The molecular weight excluding hydrogens is 291 g/mol. The average Bonchev–Trinajstić information content (AvgIpc) is 2.47. The van der Waals surface area contributed by atoms with E-state index in [9.17, 15) is 9.65 Å². The molecule has 0 heterocycles. The van der Waals surface area contributed by atoms with E-state index in [0.29, 0.717) is 17.0 Å². The van der Waals surface area contributed by atoms with Crippen LogP contribution in [0.25, 0.3) is 0 Å². The zero-order valence-electron chi connectivity index (χ0n) is 11.7. The van der Waals surface area contributed by atoms with E-state index < -0.39 is 11.4 Å². The summed E-state index contributed by atoms with van der Waals surface area (Å²) >= 11 is 6.06. The Morgan fingerprint density at radius 3 is 2.67 bits per heavy atom. The van der Waals surface area contributed by atoms with E-state index in [1.54, 1.807) is 26.2 Å². The summed E-state index contributed by atoms with van der Waals surface area (Å²) in [4.78, 5) is 0. The van der Waals surface area contributed by atoms with Crippen LogP contribution in [0.1, 0.15) is 12.5 Å². The van der Waals surface area contributed by atoms with Crippen molar-refractivity contribution < 1.29 is 9.13 Å². The van der Waals surface area contributed by atoms with Crippen LogP contribution in [0.2, 0.25) is 5.02 Å². The third-order valence-corrected chi connectivity index (χ3v) is 3.47. The lowest BCUT2D eigenvalue weighted by atomic mass is 9.93. The highest BCUT2D eigenvalue weighted by atomic mass is 35.5. The van der Waals surface area contributed by atoms with Gasteiger partial charge in [0, 0.05) is 17.3 Å². The Morgan fingerprint density at radius 1 is 1.29 bits per heavy atom. The number of hydrogen-bond acceptors (Lipinski definition) is 3. The SMILES string of the molecule is COc1cccc(NC(C)(C#N)c2ccc(F)cc2Cl)c1. The number of nitriles is 1. The van der Waals surface area contributed by atoms with Crippen LogP contribution >= 0.6 is 11.6 Å². The fourth-order valence-electron chi connectivity index (χ4n) is 2.04. The highest BCUT2D eigenvalue weighted by Crippen LogP contribution is 2.32. The van der Waals surface area contributed by atoms with E-state index in [4.69, 9.17) is 16.3 Å². The van der Waals surface area contributed by atoms with Crippen molar-refractivity contribution in [3.8, 4) is 11.8 Å². The zero-order chi connectivity index (χ0) is 15.5. The van der Waals surface area contributed by atoms with Gasteiger partial charge in [-0.25, -0.2) is 4.39 Å². The number of nitrogens with one attached hydrogen (secondary N) is 1. The van der Waals surface area contributed by atoms with Gasteiger partial charge >= 0.3 is 0 Å². The monoisotopic (exact) mass is 304 g/mol. The van der Waals surface area contributed by atoms with Crippen LogP contribution in [0.5, 0.6) is 5.75 Å². The van der Waals surface area contributed by atoms with E-state index in [-0.39, 0.29) is 5.02 Å². The van der Waals surface area contributed by atoms with Crippen molar-refractivity contribution in [1.82, 2.24) is 0 Å². The summed E-state index contributed by atoms with van der Waals surface area (Å²) in [5.74, 6) is 0.232. The molecule has 0 aliphatic heterocycles. The maximum atomic E-state index is 13.2. The van der Waals surface area contributed by atoms with Gasteiger partial charge in [-0.3, -0.25) is 0 Å². The first-order chi connectivity index (χ1) is 9.98. The van der Waals surface area contributed by atoms with Gasteiger partial charge in [0.15, 0.2) is 0 Å². The lowest BCUT2D eigenvalue weighted by molar-refractivity contribution is 0.415. The first-order valence-electron chi connectivity index (χ1n) is 6.27. The van der Waals surface area contributed by atoms with Gasteiger partial charge in [-0.1, -0.05) is 23.7 Å². The second kappa shape index (κ2) is 6.02. The molecule has 0 amide bonds. The molecule has 1 N–H and O–H groups in total. The Labute approximate surface area is 127 Å². The zero-order valence-corrected chi connectivity index (χ0v) is 12.4. The smallest absolute Gasteiger partial charge is 0.149 e. The summed E-state index contributed by atoms with van der Waals surface area (Å²) in [5.41, 5.74) is 0.131. The third-order valence-electron chi connectivity index (χ3n) is 3.16. The van der Waals surface area contributed by atoms with Crippen molar-refractivity contribution in [3.63, 3.8) is 0 Å². The molecule has 0 radical (unpaired) electrons. The summed E-state index contributed by atoms with van der Waals surface area (Å²) in [6.07, 6.45) is 0. The molecule has 21 heavy (non-hydrogen) atoms. The van der Waals surface area contributed by atoms with E-state index >= 15 is 0 Å². The molecule has 1 atom stereocenters. The molecule has 0 bridgehead atoms. The van der Waals surface area contributed by atoms with Crippen molar-refractivity contribution >= 4 is 17.3 Å². The largest absolute Gasteiger partial charge is 0.497 e. The molecule has 2 rings (SSSR count). The number of rotatable bonds is 4. The first-order valence-corrected chi connectivity index (χ1v) is 6.65. The Balaban J connectivity index is 2.39. The highest BCUT2D eigenvalue weighted by Gasteiger charge is 2.29. The maximum absolute atomic E-state index is 13.2. The maximum Gasteiger partial charge on any atom is 0.149 e. The number of hydrogen-bond donors (Lipinski definition) is 1. The van der Waals surface area contributed by atoms with Crippen LogP contribution in [-0.2, 0) is 5.54 Å². The van der Waals surface area contributed by atoms with E-state index in [1.165, 1.54) is 18.2 Å². The highest BCUT2D eigenvalue weighted by molar-refractivity contribution is 6.31. The van der Waals surface area contributed by atoms with Crippen molar-refractivity contribution in [2.75, 3.05) is 12.4 Å². The fourth-order valence-corrected chi connectivity index (χ4v) is 2.40. The summed E-state index contributed by atoms with van der Waals surface area (Å²) < 4.78 is 18.3. The molecule has 0 aliphatic carbocycles. The Kier molecular flexibility index (Phi) is 4.35. The molecule has 2 aromatic rings. The van der Waals surface area contributed by atoms with Crippen molar-refractivity contribution in [2.24, 2.45) is 0 Å². The topological polar surface area (TPSA) is 45.0 Å². The van der Waals surface area contributed by atoms with Gasteiger partial charge < -0.3 is 10.1 Å². The van der Waals surface area contributed by atoms with Crippen LogP contribution in [0, 0.1) is 17.1 Å². The third kappa shape index (κ3) is 3.26. The number of ether oxygens (including phenoxy) is 1. The molecule has 0 spiro atoms. The molecule has 1 unspecified atom stereocenters. The van der Waals surface area contributed by atoms with Crippen LogP contribution in [0.4, 0.5) is 10.1 Å². The first kappa shape index (κ1) is 15.1. The van der Waals surface area contributed by atoms with Crippen LogP contribution in [-0.4, -0.2) is 7.11 Å². The Hall–Kier alpha value is -2.25. The molecule has 108 valence electrons. The second-order valence-corrected chi connectivity index (χ2v) is 5.13. The van der Waals surface area contributed by atoms with Crippen LogP contribution in [0.15, 0.2) is 42.5 Å². The van der Waals surface area contributed by atoms with Crippen molar-refractivity contribution in [1.29, 1.82) is 5.26 Å². The number of halogens is 2. The minimum absolute atomic E-state index is 0.203. The predicted octanol–water partition coefficient (Wildman–Crippen LogP) is 4.34. The van der Waals surface area contributed by atoms with Crippen LogP contribution < -0.4 is 10.1 Å². The van der Waals surface area contributed by atoms with Gasteiger partial charge in [-0.05, 0) is 31.2 Å². The quantitative estimate of drug-likeness (QED) is 0.914. The molecule has 0 saturated heterocycles. The number of anilines is 1. The Bertz CT molecular complexity index is 699. The van der Waals surface area contributed by atoms with E-state index in [0.717, 1.165) is 0 Å². The minimum Gasteiger partial charge on any atom is -0.497 e. The molecule has 0 aliphatic rings. The molecule has 0 saturated carbocycles. The van der Waals surface area contributed by atoms with Crippen molar-refractivity contribution in [3.05, 3.63) is 58.9 Å². The summed E-state index contributed by atoms with van der Waals surface area (Å²) in [7, 11) is 1.57. The normalized spacial score (nSPS) is 13.1. The van der Waals surface area contributed by atoms with Gasteiger partial charge in [0.05, 0.1) is 18.2 Å². The lowest BCUT2D eigenvalue weighted by Crippen LogP contribution is -2.30. The number of nitrogens with zero attached hydrogens (tertiary/aromatic N) is 1. The lowest BCUT2D eigenvalue weighted by Gasteiger charge is -2.26. The van der Waals surface area contributed by atoms with Gasteiger partial charge in [0.25, 0.3) is 0 Å². The minimum atomic E-state index is -1.09. The van der Waals surface area contributed by atoms with E-state index in [2.05, 4.69) is 11.4 Å². The van der Waals surface area contributed by atoms with Gasteiger partial charge in [-0.2, -0.15) is 5.26 Å². The van der Waals surface area contributed by atoms with Crippen LogP contribution in [0.3, 0.4) is 0 Å². The van der Waals surface area contributed by atoms with Gasteiger partial charge in [-0.15, -0.1) is 0 Å². The number of methoxy groups -OCH3 is 1. The summed E-state index contributed by atoms with van der Waals surface area (Å²) in [6, 6.07) is 13.4. The average molecular weight is 305 g/mol. The van der Waals surface area contributed by atoms with Crippen molar-refractivity contribution in [2.45, 2.75) is 12.5 Å². The summed E-state index contributed by atoms with van der Waals surface area (Å²) in [5, 5.41) is 12.8. The summed E-state index contributed by atoms with van der Waals surface area (Å²) in [6.45, 7) is 1.69. The Morgan fingerprint density at radius 2 is 2.05 bits per heavy atom. The van der Waals surface area contributed by atoms with Gasteiger partial charge in [0.2, 0.25) is 0 Å². The second-order valence-electron chi connectivity index (χ2n) is 4.72. The molecular formula is C16H14ClFN2O. The number of benzene rings is 2. The molecule has 2 aromatic carbocycles. The molecule has 0 fully saturated rings. The molecule has 3 nitrogen and oxygen atoms in total. The van der Waals surface area contributed by atoms with Gasteiger partial charge in [0.1, 0.15) is 17.1 Å². The molecule has 5 heteroatoms. The van der Waals surface area contributed by atoms with E-state index in [1.807, 2.05) is 12.1 Å². The fraction of sp³-hybridized carbons (Fsp3) is 0.188. The standard InChI is InChI=1S/C16H14ClFN2O/c1-16(10-19,14-7-6-11(18)8-15(14)17)20-12-4-3-5-13(9-12)21-2/h3-9,20H,1-2H3. The molecule has 0 aromatic heterocycles. The predicted molar refractivity (Wildman–Crippen MR) is 81.0 cm³/mol.